The third-order valence-electron chi connectivity index (χ3n) is 5.61. The molecule has 0 saturated carbocycles. The van der Waals surface area contributed by atoms with Gasteiger partial charge in [0.2, 0.25) is 23.6 Å². The van der Waals surface area contributed by atoms with Gasteiger partial charge in [-0.25, -0.2) is 9.78 Å². The first-order valence-electron chi connectivity index (χ1n) is 11.8. The molecule has 206 valence electrons. The van der Waals surface area contributed by atoms with Gasteiger partial charge in [-0.1, -0.05) is 26.0 Å². The molecule has 0 aliphatic heterocycles. The summed E-state index contributed by atoms with van der Waals surface area (Å²) in [7, 11) is 0. The smallest absolute Gasteiger partial charge is 0.326 e. The molecule has 2 aromatic rings. The maximum absolute atomic E-state index is 13.0. The zero-order chi connectivity index (χ0) is 28.4. The molecule has 38 heavy (non-hydrogen) atoms. The van der Waals surface area contributed by atoms with E-state index in [9.17, 15) is 34.2 Å². The number of rotatable bonds is 14. The van der Waals surface area contributed by atoms with E-state index in [1.54, 1.807) is 13.8 Å². The summed E-state index contributed by atoms with van der Waals surface area (Å²) < 4.78 is 0. The van der Waals surface area contributed by atoms with Crippen LogP contribution in [0.1, 0.15) is 31.5 Å². The lowest BCUT2D eigenvalue weighted by molar-refractivity contribution is -0.142. The van der Waals surface area contributed by atoms with Gasteiger partial charge in [0.25, 0.3) is 0 Å². The number of carboxylic acid groups (broad SMARTS) is 1. The second-order valence-corrected chi connectivity index (χ2v) is 9.12. The number of carboxylic acids is 1. The molecular formula is C24H33N7O7. The number of amides is 4. The number of nitrogens with one attached hydrogen (secondary N) is 4. The second kappa shape index (κ2) is 13.7. The Hall–Kier alpha value is -4.46. The second-order valence-electron chi connectivity index (χ2n) is 9.12. The van der Waals surface area contributed by atoms with Gasteiger partial charge in [-0.3, -0.25) is 19.2 Å². The minimum atomic E-state index is -1.42. The van der Waals surface area contributed by atoms with Crippen molar-refractivity contribution in [2.45, 2.75) is 57.3 Å². The first-order chi connectivity index (χ1) is 17.9. The molecule has 0 spiro atoms. The zero-order valence-electron chi connectivity index (χ0n) is 21.0. The van der Waals surface area contributed by atoms with Crippen LogP contribution in [0.2, 0.25) is 0 Å². The first-order valence-corrected chi connectivity index (χ1v) is 11.8. The van der Waals surface area contributed by atoms with Crippen LogP contribution in [0.5, 0.6) is 5.75 Å². The highest BCUT2D eigenvalue weighted by Gasteiger charge is 2.32. The minimum absolute atomic E-state index is 0.00659. The van der Waals surface area contributed by atoms with Crippen molar-refractivity contribution in [3.63, 3.8) is 0 Å². The zero-order valence-corrected chi connectivity index (χ0v) is 21.0. The Morgan fingerprint density at radius 2 is 1.58 bits per heavy atom. The van der Waals surface area contributed by atoms with E-state index in [0.29, 0.717) is 11.3 Å². The first kappa shape index (κ1) is 29.8. The number of aliphatic carboxylic acids is 1. The molecule has 0 fully saturated rings. The molecule has 0 aliphatic carbocycles. The number of nitrogens with zero attached hydrogens (tertiary/aromatic N) is 1. The Bertz CT molecular complexity index is 1120. The van der Waals surface area contributed by atoms with E-state index in [4.69, 9.17) is 11.5 Å². The molecule has 2 rings (SSSR count). The molecule has 4 unspecified atom stereocenters. The number of hydrogen-bond donors (Lipinski definition) is 8. The van der Waals surface area contributed by atoms with Crippen LogP contribution in [0.4, 0.5) is 0 Å². The Labute approximate surface area is 218 Å². The topological polar surface area (TPSA) is 243 Å². The summed E-state index contributed by atoms with van der Waals surface area (Å²) in [5.74, 6) is -5.04. The van der Waals surface area contributed by atoms with Gasteiger partial charge in [-0.05, 0) is 23.6 Å². The number of aromatic nitrogens is 2. The van der Waals surface area contributed by atoms with Crippen molar-refractivity contribution in [3.8, 4) is 5.75 Å². The summed E-state index contributed by atoms with van der Waals surface area (Å²) in [6, 6.07) is 0.804. The predicted octanol–water partition coefficient (Wildman–Crippen LogP) is -1.70. The number of imidazole rings is 1. The average molecular weight is 532 g/mol. The summed E-state index contributed by atoms with van der Waals surface area (Å²) in [6.07, 6.45) is 2.36. The lowest BCUT2D eigenvalue weighted by Gasteiger charge is -2.26. The van der Waals surface area contributed by atoms with Gasteiger partial charge in [0.15, 0.2) is 0 Å². The molecule has 14 nitrogen and oxygen atoms in total. The van der Waals surface area contributed by atoms with E-state index in [1.165, 1.54) is 36.8 Å². The summed E-state index contributed by atoms with van der Waals surface area (Å²) in [6.45, 7) is 3.25. The monoisotopic (exact) mass is 531 g/mol. The number of nitrogens with two attached hydrogens (primary N) is 2. The summed E-state index contributed by atoms with van der Waals surface area (Å²) in [4.78, 5) is 68.6. The fraction of sp³-hybridized carbons (Fsp3) is 0.417. The van der Waals surface area contributed by atoms with E-state index in [-0.39, 0.29) is 18.6 Å². The normalized spacial score (nSPS) is 14.1. The number of benzene rings is 1. The predicted molar refractivity (Wildman–Crippen MR) is 134 cm³/mol. The van der Waals surface area contributed by atoms with Crippen LogP contribution in [-0.2, 0) is 36.8 Å². The van der Waals surface area contributed by atoms with E-state index in [2.05, 4.69) is 25.9 Å². The molecule has 4 atom stereocenters. The molecule has 14 heteroatoms. The molecule has 0 saturated heterocycles. The highest BCUT2D eigenvalue weighted by molar-refractivity contribution is 5.96. The van der Waals surface area contributed by atoms with Crippen LogP contribution in [0, 0.1) is 5.92 Å². The lowest BCUT2D eigenvalue weighted by Crippen LogP contribution is -2.59. The van der Waals surface area contributed by atoms with Crippen LogP contribution in [0.3, 0.4) is 0 Å². The largest absolute Gasteiger partial charge is 0.508 e. The highest BCUT2D eigenvalue weighted by atomic mass is 16.4. The van der Waals surface area contributed by atoms with Gasteiger partial charge in [-0.2, -0.15) is 0 Å². The standard InChI is InChI=1S/C24H33N7O7/c1-12(2)20(23(36)30-18(24(37)38)7-13-3-5-15(32)6-4-13)31-22(35)17(9-19(26)33)29-21(34)16(25)8-14-10-27-11-28-14/h3-6,10-12,16-18,20,32H,7-9,25H2,1-2H3,(H2,26,33)(H,27,28)(H,29,34)(H,30,36)(H,31,35)(H,37,38). The number of hydrogen-bond acceptors (Lipinski definition) is 8. The van der Waals surface area contributed by atoms with Crippen molar-refractivity contribution in [2.24, 2.45) is 17.4 Å². The number of aromatic amines is 1. The van der Waals surface area contributed by atoms with E-state index < -0.39 is 66.1 Å². The average Bonchev–Trinajstić information content (AvgIpc) is 3.35. The Balaban J connectivity index is 2.10. The minimum Gasteiger partial charge on any atom is -0.508 e. The van der Waals surface area contributed by atoms with E-state index in [0.717, 1.165) is 0 Å². The molecule has 1 aromatic heterocycles. The van der Waals surface area contributed by atoms with Crippen molar-refractivity contribution in [3.05, 3.63) is 48.0 Å². The van der Waals surface area contributed by atoms with Crippen molar-refractivity contribution in [1.29, 1.82) is 0 Å². The Morgan fingerprint density at radius 3 is 2.11 bits per heavy atom. The number of phenolic OH excluding ortho intramolecular Hbond substituents is 1. The molecule has 0 bridgehead atoms. The van der Waals surface area contributed by atoms with Gasteiger partial charge >= 0.3 is 5.97 Å². The van der Waals surface area contributed by atoms with Gasteiger partial charge in [0, 0.05) is 24.7 Å². The SMILES string of the molecule is CC(C)C(NC(=O)C(CC(N)=O)NC(=O)C(N)Cc1cnc[nH]1)C(=O)NC(Cc1ccc(O)cc1)C(=O)O. The van der Waals surface area contributed by atoms with Crippen molar-refractivity contribution >= 4 is 29.6 Å². The Kier molecular flexibility index (Phi) is 10.8. The molecule has 4 amide bonds. The molecule has 10 N–H and O–H groups in total. The Morgan fingerprint density at radius 1 is 0.947 bits per heavy atom. The molecule has 0 aliphatic rings. The maximum atomic E-state index is 13.0. The molecule has 0 radical (unpaired) electrons. The molecule has 1 aromatic carbocycles. The van der Waals surface area contributed by atoms with Crippen LogP contribution in [0.25, 0.3) is 0 Å². The number of aromatic hydroxyl groups is 1. The third kappa shape index (κ3) is 9.20. The van der Waals surface area contributed by atoms with Crippen LogP contribution < -0.4 is 27.4 Å². The number of carbonyl (C=O) groups is 5. The van der Waals surface area contributed by atoms with Gasteiger partial charge in [-0.15, -0.1) is 0 Å². The fourth-order valence-corrected chi connectivity index (χ4v) is 3.53. The maximum Gasteiger partial charge on any atom is 0.326 e. The number of phenols is 1. The van der Waals surface area contributed by atoms with Gasteiger partial charge in [0.05, 0.1) is 18.8 Å². The van der Waals surface area contributed by atoms with E-state index in [1.807, 2.05) is 0 Å². The lowest BCUT2D eigenvalue weighted by atomic mass is 10.0. The van der Waals surface area contributed by atoms with Crippen molar-refractivity contribution < 1.29 is 34.2 Å². The summed E-state index contributed by atoms with van der Waals surface area (Å²) >= 11 is 0. The highest BCUT2D eigenvalue weighted by Crippen LogP contribution is 2.12. The van der Waals surface area contributed by atoms with Crippen LogP contribution in [0.15, 0.2) is 36.8 Å². The van der Waals surface area contributed by atoms with Crippen LogP contribution >= 0.6 is 0 Å². The molecular weight excluding hydrogens is 498 g/mol. The van der Waals surface area contributed by atoms with Crippen molar-refractivity contribution in [1.82, 2.24) is 25.9 Å². The third-order valence-corrected chi connectivity index (χ3v) is 5.61. The van der Waals surface area contributed by atoms with Gasteiger partial charge in [0.1, 0.15) is 23.9 Å². The number of carbonyl (C=O) groups excluding carboxylic acids is 4. The number of primary amides is 1. The summed E-state index contributed by atoms with van der Waals surface area (Å²) in [5.41, 5.74) is 12.3. The quantitative estimate of drug-likeness (QED) is 0.138. The van der Waals surface area contributed by atoms with Crippen LogP contribution in [-0.4, -0.2) is 73.9 Å². The fourth-order valence-electron chi connectivity index (χ4n) is 3.53. The number of H-pyrrole nitrogens is 1. The van der Waals surface area contributed by atoms with Gasteiger partial charge < -0.3 is 42.6 Å². The molecule has 1 heterocycles. The van der Waals surface area contributed by atoms with E-state index >= 15 is 0 Å². The summed E-state index contributed by atoms with van der Waals surface area (Å²) in [5, 5.41) is 26.3. The van der Waals surface area contributed by atoms with Crippen molar-refractivity contribution in [2.75, 3.05) is 0 Å².